The molecule has 1 aromatic heterocycles. The first kappa shape index (κ1) is 24.5. The van der Waals surface area contributed by atoms with Crippen LogP contribution in [-0.4, -0.2) is 32.4 Å². The summed E-state index contributed by atoms with van der Waals surface area (Å²) >= 11 is 5.89. The third-order valence-electron chi connectivity index (χ3n) is 5.63. The van der Waals surface area contributed by atoms with Gasteiger partial charge in [0.2, 0.25) is 5.43 Å². The summed E-state index contributed by atoms with van der Waals surface area (Å²) in [6.45, 7) is 2.29. The van der Waals surface area contributed by atoms with Crippen LogP contribution in [0.25, 0.3) is 10.9 Å². The standard InChI is InChI=1S/C26H24ClN3O4S/c1-2-30(20-6-4-3-5-7-20)35(33,34)21-12-13-24-22(16-21)25(31)23(17-29-24)26(32)28-15-14-18-8-10-19(27)11-9-18/h3-13,16-17H,2,14-15H2,1H3,(H,28,32)(H,29,31). The van der Waals surface area contributed by atoms with Crippen LogP contribution in [0.15, 0.2) is 88.7 Å². The number of hydrogen-bond acceptors (Lipinski definition) is 4. The number of carbonyl (C=O) groups is 1. The fraction of sp³-hybridized carbons (Fsp3) is 0.154. The number of nitrogens with zero attached hydrogens (tertiary/aromatic N) is 1. The Labute approximate surface area is 208 Å². The molecule has 7 nitrogen and oxygen atoms in total. The number of para-hydroxylation sites is 1. The Morgan fingerprint density at radius 2 is 1.74 bits per heavy atom. The number of fused-ring (bicyclic) bond motifs is 1. The first-order valence-corrected chi connectivity index (χ1v) is 12.9. The summed E-state index contributed by atoms with van der Waals surface area (Å²) in [5, 5.41) is 3.50. The molecule has 180 valence electrons. The second-order valence-electron chi connectivity index (χ2n) is 7.88. The average Bonchev–Trinajstić information content (AvgIpc) is 2.86. The van der Waals surface area contributed by atoms with Crippen molar-refractivity contribution in [1.82, 2.24) is 10.3 Å². The molecule has 0 fully saturated rings. The molecule has 1 amide bonds. The minimum Gasteiger partial charge on any atom is -0.360 e. The quantitative estimate of drug-likeness (QED) is 0.368. The van der Waals surface area contributed by atoms with Gasteiger partial charge in [-0.3, -0.25) is 13.9 Å². The van der Waals surface area contributed by atoms with Crippen molar-refractivity contribution >= 4 is 44.1 Å². The number of anilines is 1. The van der Waals surface area contributed by atoms with Gasteiger partial charge >= 0.3 is 0 Å². The van der Waals surface area contributed by atoms with Crippen molar-refractivity contribution < 1.29 is 13.2 Å². The molecule has 4 rings (SSSR count). The van der Waals surface area contributed by atoms with Crippen LogP contribution < -0.4 is 15.1 Å². The molecule has 0 aliphatic rings. The third-order valence-corrected chi connectivity index (χ3v) is 7.78. The summed E-state index contributed by atoms with van der Waals surface area (Å²) in [5.41, 5.74) is 1.34. The maximum Gasteiger partial charge on any atom is 0.264 e. The van der Waals surface area contributed by atoms with E-state index in [1.165, 1.54) is 28.7 Å². The van der Waals surface area contributed by atoms with Crippen LogP contribution >= 0.6 is 11.6 Å². The molecule has 4 aromatic rings. The van der Waals surface area contributed by atoms with Gasteiger partial charge in [-0.25, -0.2) is 8.42 Å². The van der Waals surface area contributed by atoms with E-state index < -0.39 is 21.4 Å². The van der Waals surface area contributed by atoms with Gasteiger partial charge in [-0.1, -0.05) is 41.9 Å². The summed E-state index contributed by atoms with van der Waals surface area (Å²) in [6, 6.07) is 20.3. The van der Waals surface area contributed by atoms with E-state index in [1.807, 2.05) is 18.2 Å². The van der Waals surface area contributed by atoms with E-state index in [4.69, 9.17) is 11.6 Å². The molecule has 0 bridgehead atoms. The molecule has 0 unspecified atom stereocenters. The summed E-state index contributed by atoms with van der Waals surface area (Å²) in [6.07, 6.45) is 1.92. The predicted molar refractivity (Wildman–Crippen MR) is 139 cm³/mol. The smallest absolute Gasteiger partial charge is 0.264 e. The van der Waals surface area contributed by atoms with E-state index >= 15 is 0 Å². The first-order chi connectivity index (χ1) is 16.8. The Bertz CT molecular complexity index is 1520. The molecule has 0 aliphatic carbocycles. The molecule has 2 N–H and O–H groups in total. The SMILES string of the molecule is CCN(c1ccccc1)S(=O)(=O)c1ccc2[nH]cc(C(=O)NCCc3ccc(Cl)cc3)c(=O)c2c1. The molecule has 3 aromatic carbocycles. The monoisotopic (exact) mass is 509 g/mol. The summed E-state index contributed by atoms with van der Waals surface area (Å²) in [5.74, 6) is -0.533. The second-order valence-corrected chi connectivity index (χ2v) is 10.2. The maximum absolute atomic E-state index is 13.4. The number of halogens is 1. The van der Waals surface area contributed by atoms with Crippen molar-refractivity contribution in [3.63, 3.8) is 0 Å². The minimum absolute atomic E-state index is 0.0264. The van der Waals surface area contributed by atoms with E-state index in [9.17, 15) is 18.0 Å². The highest BCUT2D eigenvalue weighted by atomic mass is 35.5. The molecule has 0 atom stereocenters. The largest absolute Gasteiger partial charge is 0.360 e. The van der Waals surface area contributed by atoms with Crippen LogP contribution in [0.2, 0.25) is 5.02 Å². The minimum atomic E-state index is -3.92. The molecule has 0 aliphatic heterocycles. The Morgan fingerprint density at radius 3 is 2.43 bits per heavy atom. The topological polar surface area (TPSA) is 99.3 Å². The van der Waals surface area contributed by atoms with Gasteiger partial charge in [0.05, 0.1) is 10.6 Å². The van der Waals surface area contributed by atoms with Gasteiger partial charge in [0.25, 0.3) is 15.9 Å². The van der Waals surface area contributed by atoms with Crippen molar-refractivity contribution in [1.29, 1.82) is 0 Å². The lowest BCUT2D eigenvalue weighted by Crippen LogP contribution is -2.31. The van der Waals surface area contributed by atoms with Gasteiger partial charge in [-0.05, 0) is 61.4 Å². The van der Waals surface area contributed by atoms with Crippen LogP contribution in [0.4, 0.5) is 5.69 Å². The molecule has 0 saturated carbocycles. The fourth-order valence-electron chi connectivity index (χ4n) is 3.81. The van der Waals surface area contributed by atoms with Gasteiger partial charge in [-0.2, -0.15) is 0 Å². The zero-order valence-corrected chi connectivity index (χ0v) is 20.6. The van der Waals surface area contributed by atoms with Crippen LogP contribution in [-0.2, 0) is 16.4 Å². The van der Waals surface area contributed by atoms with E-state index in [2.05, 4.69) is 10.3 Å². The van der Waals surface area contributed by atoms with Gasteiger partial charge in [-0.15, -0.1) is 0 Å². The molecule has 35 heavy (non-hydrogen) atoms. The van der Waals surface area contributed by atoms with Gasteiger partial charge in [0, 0.05) is 35.2 Å². The average molecular weight is 510 g/mol. The number of benzene rings is 3. The molecular weight excluding hydrogens is 486 g/mol. The number of nitrogens with one attached hydrogen (secondary N) is 2. The van der Waals surface area contributed by atoms with Gasteiger partial charge in [0.15, 0.2) is 0 Å². The van der Waals surface area contributed by atoms with Gasteiger partial charge in [0.1, 0.15) is 5.56 Å². The number of hydrogen-bond donors (Lipinski definition) is 2. The zero-order chi connectivity index (χ0) is 25.0. The maximum atomic E-state index is 13.4. The second kappa shape index (κ2) is 10.3. The summed E-state index contributed by atoms with van der Waals surface area (Å²) < 4.78 is 28.0. The number of rotatable bonds is 8. The first-order valence-electron chi connectivity index (χ1n) is 11.1. The van der Waals surface area contributed by atoms with E-state index in [1.54, 1.807) is 43.3 Å². The van der Waals surface area contributed by atoms with Crippen molar-refractivity contribution in [2.45, 2.75) is 18.2 Å². The predicted octanol–water partition coefficient (Wildman–Crippen LogP) is 4.37. The third kappa shape index (κ3) is 5.23. The summed E-state index contributed by atoms with van der Waals surface area (Å²) in [4.78, 5) is 28.7. The molecular formula is C26H24ClN3O4S. The molecule has 0 saturated heterocycles. The fourth-order valence-corrected chi connectivity index (χ4v) is 5.43. The molecule has 0 radical (unpaired) electrons. The van der Waals surface area contributed by atoms with Crippen molar-refractivity contribution in [3.8, 4) is 0 Å². The number of pyridine rings is 1. The lowest BCUT2D eigenvalue weighted by molar-refractivity contribution is 0.0953. The van der Waals surface area contributed by atoms with E-state index in [-0.39, 0.29) is 22.4 Å². The van der Waals surface area contributed by atoms with E-state index in [0.29, 0.717) is 29.2 Å². The number of H-pyrrole nitrogens is 1. The van der Waals surface area contributed by atoms with Crippen molar-refractivity contribution in [2.75, 3.05) is 17.4 Å². The normalized spacial score (nSPS) is 11.4. The van der Waals surface area contributed by atoms with Crippen LogP contribution in [0.3, 0.4) is 0 Å². The Balaban J connectivity index is 1.60. The van der Waals surface area contributed by atoms with Crippen LogP contribution in [0.1, 0.15) is 22.8 Å². The highest BCUT2D eigenvalue weighted by Crippen LogP contribution is 2.25. The highest BCUT2D eigenvalue weighted by molar-refractivity contribution is 7.92. The molecule has 0 spiro atoms. The molecule has 9 heteroatoms. The Morgan fingerprint density at radius 1 is 1.03 bits per heavy atom. The number of aromatic nitrogens is 1. The lowest BCUT2D eigenvalue weighted by atomic mass is 10.1. The van der Waals surface area contributed by atoms with Crippen molar-refractivity contribution in [3.05, 3.63) is 105 Å². The number of amides is 1. The van der Waals surface area contributed by atoms with Gasteiger partial charge < -0.3 is 10.3 Å². The number of sulfonamides is 1. The number of carbonyl (C=O) groups excluding carboxylic acids is 1. The summed E-state index contributed by atoms with van der Waals surface area (Å²) in [7, 11) is -3.92. The van der Waals surface area contributed by atoms with Crippen molar-refractivity contribution in [2.24, 2.45) is 0 Å². The van der Waals surface area contributed by atoms with E-state index in [0.717, 1.165) is 5.56 Å². The zero-order valence-electron chi connectivity index (χ0n) is 19.0. The Hall–Kier alpha value is -3.62. The highest BCUT2D eigenvalue weighted by Gasteiger charge is 2.24. The van der Waals surface area contributed by atoms with Crippen LogP contribution in [0, 0.1) is 0 Å². The Kier molecular flexibility index (Phi) is 7.23. The van der Waals surface area contributed by atoms with Crippen LogP contribution in [0.5, 0.6) is 0 Å². The lowest BCUT2D eigenvalue weighted by Gasteiger charge is -2.23. The molecule has 1 heterocycles. The number of aromatic amines is 1.